The lowest BCUT2D eigenvalue weighted by Crippen LogP contribution is -2.34. The van der Waals surface area contributed by atoms with Crippen LogP contribution < -0.4 is 11.0 Å². The Morgan fingerprint density at radius 1 is 1.50 bits per heavy atom. The molecule has 0 saturated heterocycles. The highest BCUT2D eigenvalue weighted by Crippen LogP contribution is 2.38. The molecule has 1 N–H and O–H groups in total. The minimum Gasteiger partial charge on any atom is -0.348 e. The van der Waals surface area contributed by atoms with Gasteiger partial charge in [-0.25, -0.2) is 13.9 Å². The van der Waals surface area contributed by atoms with Crippen molar-refractivity contribution < 1.29 is 9.18 Å². The van der Waals surface area contributed by atoms with Crippen LogP contribution in [0.3, 0.4) is 0 Å². The van der Waals surface area contributed by atoms with Gasteiger partial charge in [-0.2, -0.15) is 5.10 Å². The molecule has 0 unspecified atom stereocenters. The van der Waals surface area contributed by atoms with E-state index in [4.69, 9.17) is 11.6 Å². The van der Waals surface area contributed by atoms with Crippen molar-refractivity contribution in [3.63, 3.8) is 0 Å². The highest BCUT2D eigenvalue weighted by atomic mass is 35.5. The van der Waals surface area contributed by atoms with Gasteiger partial charge in [-0.05, 0) is 37.5 Å². The first-order valence-electron chi connectivity index (χ1n) is 7.75. The van der Waals surface area contributed by atoms with Crippen LogP contribution in [0.4, 0.5) is 4.39 Å². The quantitative estimate of drug-likeness (QED) is 0.896. The molecular formula is C16H18ClFN4O2. The molecule has 1 amide bonds. The smallest absolute Gasteiger partial charge is 0.346 e. The molecule has 1 aromatic carbocycles. The maximum Gasteiger partial charge on any atom is 0.346 e. The van der Waals surface area contributed by atoms with E-state index in [-0.39, 0.29) is 23.2 Å². The summed E-state index contributed by atoms with van der Waals surface area (Å²) >= 11 is 5.65. The van der Waals surface area contributed by atoms with Gasteiger partial charge in [0.2, 0.25) is 5.91 Å². The molecule has 1 aliphatic rings. The zero-order chi connectivity index (χ0) is 17.4. The third-order valence-corrected chi connectivity index (χ3v) is 4.44. The fourth-order valence-electron chi connectivity index (χ4n) is 2.59. The second-order valence-electron chi connectivity index (χ2n) is 6.09. The SMILES string of the molecule is C[C@H](NC(=O)Cn1nc(C2CC2)n(C)c1=O)c1ccc(Cl)c(F)c1. The molecule has 8 heteroatoms. The molecule has 1 heterocycles. The Balaban J connectivity index is 1.68. The van der Waals surface area contributed by atoms with Crippen molar-refractivity contribution in [3.05, 3.63) is 50.9 Å². The molecule has 128 valence electrons. The van der Waals surface area contributed by atoms with Crippen LogP contribution in [0.25, 0.3) is 0 Å². The first kappa shape index (κ1) is 16.7. The predicted octanol–water partition coefficient (Wildman–Crippen LogP) is 2.13. The maximum atomic E-state index is 13.5. The molecule has 6 nitrogen and oxygen atoms in total. The number of nitrogens with one attached hydrogen (secondary N) is 1. The second kappa shape index (κ2) is 6.39. The zero-order valence-electron chi connectivity index (χ0n) is 13.4. The van der Waals surface area contributed by atoms with Crippen LogP contribution in [0, 0.1) is 5.82 Å². The van der Waals surface area contributed by atoms with Crippen molar-refractivity contribution in [2.24, 2.45) is 7.05 Å². The Kier molecular flexibility index (Phi) is 4.45. The van der Waals surface area contributed by atoms with E-state index in [1.165, 1.54) is 16.7 Å². The van der Waals surface area contributed by atoms with Gasteiger partial charge in [0.15, 0.2) is 0 Å². The molecule has 1 saturated carbocycles. The number of hydrogen-bond donors (Lipinski definition) is 1. The molecule has 0 bridgehead atoms. The van der Waals surface area contributed by atoms with Crippen molar-refractivity contribution in [1.82, 2.24) is 19.7 Å². The minimum atomic E-state index is -0.537. The second-order valence-corrected chi connectivity index (χ2v) is 6.50. The van der Waals surface area contributed by atoms with Crippen molar-refractivity contribution in [2.75, 3.05) is 0 Å². The fourth-order valence-corrected chi connectivity index (χ4v) is 2.71. The number of nitrogens with zero attached hydrogens (tertiary/aromatic N) is 3. The zero-order valence-corrected chi connectivity index (χ0v) is 14.2. The number of halogens is 2. The summed E-state index contributed by atoms with van der Waals surface area (Å²) in [6.45, 7) is 1.57. The Hall–Kier alpha value is -2.15. The lowest BCUT2D eigenvalue weighted by atomic mass is 10.1. The van der Waals surface area contributed by atoms with Gasteiger partial charge in [-0.15, -0.1) is 0 Å². The molecule has 2 aromatic rings. The van der Waals surface area contributed by atoms with Crippen LogP contribution in [0.15, 0.2) is 23.0 Å². The number of amides is 1. The monoisotopic (exact) mass is 352 g/mol. The summed E-state index contributed by atoms with van der Waals surface area (Å²) in [5.41, 5.74) is 0.287. The maximum absolute atomic E-state index is 13.5. The van der Waals surface area contributed by atoms with Gasteiger partial charge in [0.25, 0.3) is 0 Å². The van der Waals surface area contributed by atoms with Gasteiger partial charge in [0, 0.05) is 13.0 Å². The van der Waals surface area contributed by atoms with E-state index >= 15 is 0 Å². The third kappa shape index (κ3) is 3.36. The summed E-state index contributed by atoms with van der Waals surface area (Å²) in [6, 6.07) is 3.96. The van der Waals surface area contributed by atoms with E-state index in [0.29, 0.717) is 11.5 Å². The first-order chi connectivity index (χ1) is 11.4. The van der Waals surface area contributed by atoms with E-state index in [1.54, 1.807) is 20.0 Å². The van der Waals surface area contributed by atoms with E-state index in [2.05, 4.69) is 10.4 Å². The fraction of sp³-hybridized carbons (Fsp3) is 0.438. The van der Waals surface area contributed by atoms with E-state index in [1.807, 2.05) is 0 Å². The summed E-state index contributed by atoms with van der Waals surface area (Å²) in [6.07, 6.45) is 2.05. The molecular weight excluding hydrogens is 335 g/mol. The predicted molar refractivity (Wildman–Crippen MR) is 87.4 cm³/mol. The average Bonchev–Trinajstić information content (AvgIpc) is 3.33. The molecule has 0 radical (unpaired) electrons. The summed E-state index contributed by atoms with van der Waals surface area (Å²) in [7, 11) is 1.66. The van der Waals surface area contributed by atoms with Crippen molar-refractivity contribution in [1.29, 1.82) is 0 Å². The molecule has 0 spiro atoms. The standard InChI is InChI=1S/C16H18ClFN4O2/c1-9(11-5-6-12(17)13(18)7-11)19-14(23)8-22-16(24)21(2)15(20-22)10-3-4-10/h5-7,9-10H,3-4,8H2,1-2H3,(H,19,23)/t9-/m0/s1. The Morgan fingerprint density at radius 3 is 2.83 bits per heavy atom. The Bertz CT molecular complexity index is 841. The topological polar surface area (TPSA) is 68.9 Å². The van der Waals surface area contributed by atoms with Crippen LogP contribution in [-0.4, -0.2) is 20.3 Å². The number of aromatic nitrogens is 3. The molecule has 24 heavy (non-hydrogen) atoms. The summed E-state index contributed by atoms with van der Waals surface area (Å²) < 4.78 is 16.2. The normalized spacial score (nSPS) is 15.3. The van der Waals surface area contributed by atoms with Crippen LogP contribution in [0.1, 0.15) is 43.1 Å². The van der Waals surface area contributed by atoms with E-state index in [0.717, 1.165) is 23.3 Å². The van der Waals surface area contributed by atoms with Crippen LogP contribution >= 0.6 is 11.6 Å². The number of carbonyl (C=O) groups excluding carboxylic acids is 1. The van der Waals surface area contributed by atoms with Gasteiger partial charge < -0.3 is 5.32 Å². The molecule has 1 aromatic heterocycles. The number of rotatable bonds is 5. The Labute approximate surface area is 143 Å². The van der Waals surface area contributed by atoms with Gasteiger partial charge in [-0.1, -0.05) is 17.7 Å². The minimum absolute atomic E-state index is 0.0323. The van der Waals surface area contributed by atoms with Crippen molar-refractivity contribution in [2.45, 2.75) is 38.3 Å². The number of carbonyl (C=O) groups is 1. The number of benzene rings is 1. The van der Waals surface area contributed by atoms with Crippen LogP contribution in [-0.2, 0) is 18.4 Å². The lowest BCUT2D eigenvalue weighted by Gasteiger charge is -2.14. The third-order valence-electron chi connectivity index (χ3n) is 4.13. The van der Waals surface area contributed by atoms with Gasteiger partial charge in [-0.3, -0.25) is 9.36 Å². The van der Waals surface area contributed by atoms with Crippen LogP contribution in [0.5, 0.6) is 0 Å². The van der Waals surface area contributed by atoms with Crippen molar-refractivity contribution in [3.8, 4) is 0 Å². The molecule has 1 aliphatic carbocycles. The Morgan fingerprint density at radius 2 is 2.21 bits per heavy atom. The number of hydrogen-bond acceptors (Lipinski definition) is 3. The molecule has 1 atom stereocenters. The molecule has 1 fully saturated rings. The summed E-state index contributed by atoms with van der Waals surface area (Å²) in [4.78, 5) is 24.3. The first-order valence-corrected chi connectivity index (χ1v) is 8.12. The van der Waals surface area contributed by atoms with Gasteiger partial charge >= 0.3 is 5.69 Å². The largest absolute Gasteiger partial charge is 0.348 e. The van der Waals surface area contributed by atoms with Gasteiger partial charge in [0.1, 0.15) is 18.2 Å². The van der Waals surface area contributed by atoms with Crippen molar-refractivity contribution >= 4 is 17.5 Å². The summed E-state index contributed by atoms with van der Waals surface area (Å²) in [5, 5.41) is 7.01. The highest BCUT2D eigenvalue weighted by Gasteiger charge is 2.30. The summed E-state index contributed by atoms with van der Waals surface area (Å²) in [5.74, 6) is 0.147. The van der Waals surface area contributed by atoms with Gasteiger partial charge in [0.05, 0.1) is 11.1 Å². The molecule has 3 rings (SSSR count). The van der Waals surface area contributed by atoms with Crippen LogP contribution in [0.2, 0.25) is 5.02 Å². The van der Waals surface area contributed by atoms with E-state index < -0.39 is 11.9 Å². The highest BCUT2D eigenvalue weighted by molar-refractivity contribution is 6.30. The van der Waals surface area contributed by atoms with E-state index in [9.17, 15) is 14.0 Å². The lowest BCUT2D eigenvalue weighted by molar-refractivity contribution is -0.122. The average molecular weight is 353 g/mol. The molecule has 0 aliphatic heterocycles.